The summed E-state index contributed by atoms with van der Waals surface area (Å²) < 4.78 is 0. The molecule has 2 fully saturated rings. The molecule has 106 valence electrons. The summed E-state index contributed by atoms with van der Waals surface area (Å²) in [6, 6.07) is 9.77. The third-order valence-corrected chi connectivity index (χ3v) is 4.28. The van der Waals surface area contributed by atoms with Crippen molar-refractivity contribution in [3.63, 3.8) is 0 Å². The molecule has 20 heavy (non-hydrogen) atoms. The van der Waals surface area contributed by atoms with Gasteiger partial charge < -0.3 is 10.2 Å². The van der Waals surface area contributed by atoms with Crippen molar-refractivity contribution in [1.29, 1.82) is 0 Å². The number of likely N-dealkylation sites (tertiary alicyclic amines) is 1. The van der Waals surface area contributed by atoms with Crippen LogP contribution in [0.2, 0.25) is 0 Å². The number of carbonyl (C=O) groups is 2. The fraction of sp³-hybridized carbons (Fsp3) is 0.467. The first-order valence-corrected chi connectivity index (χ1v) is 7.05. The van der Waals surface area contributed by atoms with Crippen LogP contribution in [0.3, 0.4) is 0 Å². The van der Waals surface area contributed by atoms with E-state index in [1.165, 1.54) is 0 Å². The van der Waals surface area contributed by atoms with Crippen molar-refractivity contribution in [1.82, 2.24) is 15.5 Å². The second-order valence-electron chi connectivity index (χ2n) is 5.48. The summed E-state index contributed by atoms with van der Waals surface area (Å²) in [6.45, 7) is 1.83. The molecule has 0 bridgehead atoms. The number of amides is 2. The third kappa shape index (κ3) is 2.41. The molecule has 0 unspecified atom stereocenters. The number of nitrogens with one attached hydrogen (secondary N) is 2. The molecule has 0 aromatic heterocycles. The van der Waals surface area contributed by atoms with Gasteiger partial charge in [0.15, 0.2) is 0 Å². The van der Waals surface area contributed by atoms with Gasteiger partial charge in [-0.05, 0) is 18.4 Å². The lowest BCUT2D eigenvalue weighted by atomic mass is 9.87. The molecule has 2 saturated heterocycles. The smallest absolute Gasteiger partial charge is 0.241 e. The van der Waals surface area contributed by atoms with Crippen LogP contribution >= 0.6 is 0 Å². The first-order chi connectivity index (χ1) is 9.70. The lowest BCUT2D eigenvalue weighted by molar-refractivity contribution is -0.135. The number of nitrogens with zero attached hydrogens (tertiary/aromatic N) is 1. The normalized spacial score (nSPS) is 21.0. The minimum absolute atomic E-state index is 0.0765. The van der Waals surface area contributed by atoms with Gasteiger partial charge in [-0.3, -0.25) is 14.9 Å². The second kappa shape index (κ2) is 5.25. The number of carbonyl (C=O) groups excluding carboxylic acids is 2. The fourth-order valence-electron chi connectivity index (χ4n) is 2.97. The van der Waals surface area contributed by atoms with Crippen molar-refractivity contribution >= 4 is 11.8 Å². The molecule has 2 amide bonds. The predicted molar refractivity (Wildman–Crippen MR) is 74.8 cm³/mol. The Hall–Kier alpha value is -1.88. The van der Waals surface area contributed by atoms with Crippen molar-refractivity contribution in [2.45, 2.75) is 24.8 Å². The molecule has 0 aliphatic carbocycles. The van der Waals surface area contributed by atoms with Gasteiger partial charge in [0.25, 0.3) is 0 Å². The summed E-state index contributed by atoms with van der Waals surface area (Å²) in [5.41, 5.74) is 0.596. The van der Waals surface area contributed by atoms with E-state index in [2.05, 4.69) is 10.6 Å². The maximum atomic E-state index is 12.3. The van der Waals surface area contributed by atoms with E-state index in [0.29, 0.717) is 39.0 Å². The van der Waals surface area contributed by atoms with E-state index < -0.39 is 5.54 Å². The second-order valence-corrected chi connectivity index (χ2v) is 5.48. The average molecular weight is 273 g/mol. The number of hydrogen-bond donors (Lipinski definition) is 2. The van der Waals surface area contributed by atoms with Crippen LogP contribution in [0.1, 0.15) is 18.4 Å². The van der Waals surface area contributed by atoms with E-state index in [4.69, 9.17) is 0 Å². The Morgan fingerprint density at radius 2 is 1.90 bits per heavy atom. The fourth-order valence-corrected chi connectivity index (χ4v) is 2.97. The zero-order valence-corrected chi connectivity index (χ0v) is 11.4. The zero-order valence-electron chi connectivity index (χ0n) is 11.4. The van der Waals surface area contributed by atoms with Gasteiger partial charge in [-0.15, -0.1) is 0 Å². The van der Waals surface area contributed by atoms with Crippen LogP contribution in [0.4, 0.5) is 0 Å². The van der Waals surface area contributed by atoms with Crippen LogP contribution in [-0.2, 0) is 16.0 Å². The van der Waals surface area contributed by atoms with Gasteiger partial charge in [-0.25, -0.2) is 0 Å². The van der Waals surface area contributed by atoms with E-state index in [9.17, 15) is 9.59 Å². The molecule has 5 heteroatoms. The predicted octanol–water partition coefficient (Wildman–Crippen LogP) is 0.267. The zero-order chi connectivity index (χ0) is 14.0. The molecule has 0 atom stereocenters. The van der Waals surface area contributed by atoms with E-state index in [1.54, 1.807) is 0 Å². The summed E-state index contributed by atoms with van der Waals surface area (Å²) in [6.07, 6.45) is 1.83. The minimum atomic E-state index is -0.441. The van der Waals surface area contributed by atoms with Gasteiger partial charge in [0, 0.05) is 13.1 Å². The molecule has 2 N–H and O–H groups in total. The average Bonchev–Trinajstić information content (AvgIpc) is 2.82. The molecule has 1 spiro atoms. The lowest BCUT2D eigenvalue weighted by Gasteiger charge is -2.37. The largest absolute Gasteiger partial charge is 0.342 e. The Labute approximate surface area is 118 Å². The maximum Gasteiger partial charge on any atom is 0.241 e. The molecule has 5 nitrogen and oxygen atoms in total. The third-order valence-electron chi connectivity index (χ3n) is 4.28. The molecular weight excluding hydrogens is 254 g/mol. The molecule has 2 aliphatic rings. The molecule has 1 aromatic carbocycles. The SMILES string of the molecule is O=C(Cc1ccccc1)N1CCC2(CC1)NCNC2=O. The number of benzene rings is 1. The highest BCUT2D eigenvalue weighted by Crippen LogP contribution is 2.25. The van der Waals surface area contributed by atoms with Crippen molar-refractivity contribution in [3.05, 3.63) is 35.9 Å². The molecule has 2 aliphatic heterocycles. The van der Waals surface area contributed by atoms with Gasteiger partial charge in [-0.1, -0.05) is 30.3 Å². The highest BCUT2D eigenvalue weighted by molar-refractivity contribution is 5.88. The monoisotopic (exact) mass is 273 g/mol. The summed E-state index contributed by atoms with van der Waals surface area (Å²) in [5, 5.41) is 6.04. The maximum absolute atomic E-state index is 12.3. The Kier molecular flexibility index (Phi) is 3.44. The van der Waals surface area contributed by atoms with Gasteiger partial charge in [-0.2, -0.15) is 0 Å². The van der Waals surface area contributed by atoms with Crippen LogP contribution in [0.25, 0.3) is 0 Å². The van der Waals surface area contributed by atoms with Crippen LogP contribution in [0.15, 0.2) is 30.3 Å². The standard InChI is InChI=1S/C15H19N3O2/c19-13(10-12-4-2-1-3-5-12)18-8-6-15(7-9-18)14(20)16-11-17-15/h1-5,17H,6-11H2,(H,16,20). The number of rotatable bonds is 2. The van der Waals surface area contributed by atoms with E-state index in [0.717, 1.165) is 5.56 Å². The van der Waals surface area contributed by atoms with Crippen molar-refractivity contribution in [2.75, 3.05) is 19.8 Å². The molecule has 1 aromatic rings. The van der Waals surface area contributed by atoms with Gasteiger partial charge in [0.1, 0.15) is 5.54 Å². The summed E-state index contributed by atoms with van der Waals surface area (Å²) in [7, 11) is 0. The first kappa shape index (κ1) is 13.1. The first-order valence-electron chi connectivity index (χ1n) is 7.05. The van der Waals surface area contributed by atoms with E-state index in [-0.39, 0.29) is 11.8 Å². The van der Waals surface area contributed by atoms with Crippen LogP contribution < -0.4 is 10.6 Å². The Morgan fingerprint density at radius 1 is 1.20 bits per heavy atom. The van der Waals surface area contributed by atoms with Gasteiger partial charge >= 0.3 is 0 Å². The topological polar surface area (TPSA) is 61.4 Å². The highest BCUT2D eigenvalue weighted by Gasteiger charge is 2.44. The number of piperidine rings is 1. The quantitative estimate of drug-likeness (QED) is 0.813. The molecule has 0 radical (unpaired) electrons. The Balaban J connectivity index is 1.58. The molecule has 2 heterocycles. The van der Waals surface area contributed by atoms with Crippen molar-refractivity contribution in [2.24, 2.45) is 0 Å². The van der Waals surface area contributed by atoms with Crippen LogP contribution in [-0.4, -0.2) is 42.0 Å². The van der Waals surface area contributed by atoms with Gasteiger partial charge in [0.2, 0.25) is 11.8 Å². The van der Waals surface area contributed by atoms with Crippen molar-refractivity contribution in [3.8, 4) is 0 Å². The Bertz CT molecular complexity index is 507. The van der Waals surface area contributed by atoms with Gasteiger partial charge in [0.05, 0.1) is 13.1 Å². The van der Waals surface area contributed by atoms with E-state index >= 15 is 0 Å². The highest BCUT2D eigenvalue weighted by atomic mass is 16.2. The van der Waals surface area contributed by atoms with Crippen molar-refractivity contribution < 1.29 is 9.59 Å². The summed E-state index contributed by atoms with van der Waals surface area (Å²) in [4.78, 5) is 26.0. The summed E-state index contributed by atoms with van der Waals surface area (Å²) in [5.74, 6) is 0.220. The number of hydrogen-bond acceptors (Lipinski definition) is 3. The minimum Gasteiger partial charge on any atom is -0.342 e. The van der Waals surface area contributed by atoms with Crippen LogP contribution in [0, 0.1) is 0 Å². The van der Waals surface area contributed by atoms with E-state index in [1.807, 2.05) is 35.2 Å². The molecule has 3 rings (SSSR count). The van der Waals surface area contributed by atoms with Crippen LogP contribution in [0.5, 0.6) is 0 Å². The Morgan fingerprint density at radius 3 is 2.50 bits per heavy atom. The molecular formula is C15H19N3O2. The molecule has 0 saturated carbocycles. The summed E-state index contributed by atoms with van der Waals surface area (Å²) >= 11 is 0. The lowest BCUT2D eigenvalue weighted by Crippen LogP contribution is -2.55.